The Morgan fingerprint density at radius 2 is 1.57 bits per heavy atom. The topological polar surface area (TPSA) is 66.0 Å². The van der Waals surface area contributed by atoms with E-state index in [1.54, 1.807) is 12.1 Å². The number of ether oxygens (including phenoxy) is 4. The van der Waals surface area contributed by atoms with Crippen molar-refractivity contribution in [3.63, 3.8) is 0 Å². The number of para-hydroxylation sites is 2. The number of alkyl halides is 3. The Kier molecular flexibility index (Phi) is 6.75. The highest BCUT2D eigenvalue weighted by Crippen LogP contribution is 2.38. The summed E-state index contributed by atoms with van der Waals surface area (Å²) in [6, 6.07) is 8.47. The molecule has 0 fully saturated rings. The predicted octanol–water partition coefficient (Wildman–Crippen LogP) is 4.26. The zero-order valence-electron chi connectivity index (χ0n) is 15.3. The van der Waals surface area contributed by atoms with Crippen LogP contribution in [-0.2, 0) is 4.79 Å². The molecule has 0 heterocycles. The minimum Gasteiger partial charge on any atom is -0.493 e. The molecule has 0 aliphatic rings. The van der Waals surface area contributed by atoms with Crippen LogP contribution in [-0.4, -0.2) is 33.6 Å². The molecular weight excluding hydrogens is 379 g/mol. The third-order valence-electron chi connectivity index (χ3n) is 3.48. The van der Waals surface area contributed by atoms with Crippen LogP contribution in [0.1, 0.15) is 5.56 Å². The third kappa shape index (κ3) is 5.57. The molecular formula is C19H18F3NO5. The lowest BCUT2D eigenvalue weighted by molar-refractivity contribution is -0.274. The molecule has 0 atom stereocenters. The van der Waals surface area contributed by atoms with Crippen molar-refractivity contribution >= 4 is 17.7 Å². The van der Waals surface area contributed by atoms with E-state index in [0.717, 1.165) is 12.1 Å². The monoisotopic (exact) mass is 397 g/mol. The van der Waals surface area contributed by atoms with Crippen molar-refractivity contribution in [1.29, 1.82) is 0 Å². The highest BCUT2D eigenvalue weighted by atomic mass is 19.4. The van der Waals surface area contributed by atoms with Crippen molar-refractivity contribution in [2.75, 3.05) is 26.6 Å². The molecule has 0 saturated heterocycles. The molecule has 2 aromatic carbocycles. The maximum atomic E-state index is 12.4. The fourth-order valence-electron chi connectivity index (χ4n) is 2.33. The molecule has 0 unspecified atom stereocenters. The number of benzene rings is 2. The molecule has 1 amide bonds. The van der Waals surface area contributed by atoms with Gasteiger partial charge in [-0.1, -0.05) is 12.1 Å². The summed E-state index contributed by atoms with van der Waals surface area (Å²) in [6.07, 6.45) is -2.26. The molecule has 2 rings (SSSR count). The van der Waals surface area contributed by atoms with Gasteiger partial charge in [-0.05, 0) is 35.9 Å². The van der Waals surface area contributed by atoms with Gasteiger partial charge in [0.2, 0.25) is 11.7 Å². The van der Waals surface area contributed by atoms with Crippen LogP contribution >= 0.6 is 0 Å². The van der Waals surface area contributed by atoms with E-state index in [2.05, 4.69) is 10.1 Å². The molecule has 0 aromatic heterocycles. The summed E-state index contributed by atoms with van der Waals surface area (Å²) in [5.41, 5.74) is 0.448. The number of nitrogens with one attached hydrogen (secondary N) is 1. The summed E-state index contributed by atoms with van der Waals surface area (Å²) in [4.78, 5) is 12.1. The Labute approximate surface area is 159 Å². The summed E-state index contributed by atoms with van der Waals surface area (Å²) in [7, 11) is 4.37. The Balaban J connectivity index is 2.19. The molecule has 0 saturated carbocycles. The number of carbonyl (C=O) groups excluding carboxylic acids is 1. The summed E-state index contributed by atoms with van der Waals surface area (Å²) in [5, 5.41) is 2.35. The predicted molar refractivity (Wildman–Crippen MR) is 96.9 cm³/mol. The van der Waals surface area contributed by atoms with Crippen molar-refractivity contribution in [3.8, 4) is 23.0 Å². The van der Waals surface area contributed by atoms with Gasteiger partial charge < -0.3 is 24.3 Å². The van der Waals surface area contributed by atoms with Gasteiger partial charge in [0.15, 0.2) is 17.2 Å². The number of amides is 1. The van der Waals surface area contributed by atoms with Crippen molar-refractivity contribution in [3.05, 3.63) is 48.0 Å². The second kappa shape index (κ2) is 9.03. The molecule has 1 N–H and O–H groups in total. The van der Waals surface area contributed by atoms with E-state index in [1.807, 2.05) is 0 Å². The standard InChI is InChI=1S/C19H18F3NO5/c1-25-15-10-12(11-16(26-2)18(15)27-3)8-9-17(24)23-13-6-4-5-7-14(13)28-19(20,21)22/h4-11H,1-3H3,(H,23,24)/b9-8+. The maximum Gasteiger partial charge on any atom is 0.573 e. The van der Waals surface area contributed by atoms with E-state index < -0.39 is 18.0 Å². The van der Waals surface area contributed by atoms with Gasteiger partial charge in [-0.3, -0.25) is 4.79 Å². The molecule has 6 nitrogen and oxygen atoms in total. The van der Waals surface area contributed by atoms with Crippen molar-refractivity contribution in [1.82, 2.24) is 0 Å². The highest BCUT2D eigenvalue weighted by Gasteiger charge is 2.32. The lowest BCUT2D eigenvalue weighted by atomic mass is 10.1. The lowest BCUT2D eigenvalue weighted by Crippen LogP contribution is -2.19. The molecule has 2 aromatic rings. The Bertz CT molecular complexity index is 840. The van der Waals surface area contributed by atoms with Crippen LogP contribution in [0.5, 0.6) is 23.0 Å². The van der Waals surface area contributed by atoms with Gasteiger partial charge in [0.05, 0.1) is 27.0 Å². The minimum absolute atomic E-state index is 0.112. The second-order valence-corrected chi connectivity index (χ2v) is 5.33. The van der Waals surface area contributed by atoms with Crippen LogP contribution in [0.4, 0.5) is 18.9 Å². The lowest BCUT2D eigenvalue weighted by Gasteiger charge is -2.13. The van der Waals surface area contributed by atoms with Crippen LogP contribution in [0.15, 0.2) is 42.5 Å². The molecule has 0 spiro atoms. The third-order valence-corrected chi connectivity index (χ3v) is 3.48. The van der Waals surface area contributed by atoms with Gasteiger partial charge in [-0.15, -0.1) is 13.2 Å². The number of hydrogen-bond acceptors (Lipinski definition) is 5. The first-order valence-corrected chi connectivity index (χ1v) is 7.91. The first-order chi connectivity index (χ1) is 13.3. The molecule has 150 valence electrons. The van der Waals surface area contributed by atoms with Gasteiger partial charge in [-0.2, -0.15) is 0 Å². The SMILES string of the molecule is COc1cc(/C=C/C(=O)Nc2ccccc2OC(F)(F)F)cc(OC)c1OC. The van der Waals surface area contributed by atoms with E-state index in [9.17, 15) is 18.0 Å². The van der Waals surface area contributed by atoms with E-state index in [-0.39, 0.29) is 5.69 Å². The summed E-state index contributed by atoms with van der Waals surface area (Å²) in [6.45, 7) is 0. The minimum atomic E-state index is -4.87. The number of methoxy groups -OCH3 is 3. The van der Waals surface area contributed by atoms with Crippen LogP contribution in [0.25, 0.3) is 6.08 Å². The maximum absolute atomic E-state index is 12.4. The number of carbonyl (C=O) groups is 1. The van der Waals surface area contributed by atoms with Crippen molar-refractivity contribution < 1.29 is 36.9 Å². The molecule has 9 heteroatoms. The van der Waals surface area contributed by atoms with Gasteiger partial charge in [0.25, 0.3) is 0 Å². The molecule has 0 radical (unpaired) electrons. The van der Waals surface area contributed by atoms with Gasteiger partial charge in [-0.25, -0.2) is 0 Å². The van der Waals surface area contributed by atoms with Gasteiger partial charge in [0.1, 0.15) is 0 Å². The summed E-state index contributed by atoms with van der Waals surface area (Å²) < 4.78 is 56.9. The second-order valence-electron chi connectivity index (χ2n) is 5.33. The Morgan fingerprint density at radius 3 is 2.11 bits per heavy atom. The van der Waals surface area contributed by atoms with E-state index in [1.165, 1.54) is 45.6 Å². The van der Waals surface area contributed by atoms with E-state index in [0.29, 0.717) is 22.8 Å². The Morgan fingerprint density at radius 1 is 0.964 bits per heavy atom. The molecule has 0 aliphatic heterocycles. The fraction of sp³-hybridized carbons (Fsp3) is 0.211. The van der Waals surface area contributed by atoms with Crippen molar-refractivity contribution in [2.24, 2.45) is 0 Å². The zero-order valence-corrected chi connectivity index (χ0v) is 15.3. The number of hydrogen-bond donors (Lipinski definition) is 1. The number of rotatable bonds is 7. The summed E-state index contributed by atoms with van der Waals surface area (Å²) >= 11 is 0. The zero-order chi connectivity index (χ0) is 20.7. The van der Waals surface area contributed by atoms with Crippen LogP contribution in [0.2, 0.25) is 0 Å². The van der Waals surface area contributed by atoms with Gasteiger partial charge >= 0.3 is 6.36 Å². The highest BCUT2D eigenvalue weighted by molar-refractivity contribution is 6.02. The van der Waals surface area contributed by atoms with Crippen LogP contribution < -0.4 is 24.3 Å². The van der Waals surface area contributed by atoms with Crippen LogP contribution in [0.3, 0.4) is 0 Å². The van der Waals surface area contributed by atoms with Crippen LogP contribution in [0, 0.1) is 0 Å². The average Bonchev–Trinajstić information content (AvgIpc) is 2.65. The van der Waals surface area contributed by atoms with E-state index >= 15 is 0 Å². The summed E-state index contributed by atoms with van der Waals surface area (Å²) in [5.74, 6) is 0.0259. The largest absolute Gasteiger partial charge is 0.573 e. The molecule has 0 bridgehead atoms. The molecule has 0 aliphatic carbocycles. The fourth-order valence-corrected chi connectivity index (χ4v) is 2.33. The number of anilines is 1. The number of halogens is 3. The Hall–Kier alpha value is -3.36. The normalized spacial score (nSPS) is 11.2. The quantitative estimate of drug-likeness (QED) is 0.707. The van der Waals surface area contributed by atoms with Crippen molar-refractivity contribution in [2.45, 2.75) is 6.36 Å². The first kappa shape index (κ1) is 20.9. The molecule has 28 heavy (non-hydrogen) atoms. The first-order valence-electron chi connectivity index (χ1n) is 7.91. The smallest absolute Gasteiger partial charge is 0.493 e. The van der Waals surface area contributed by atoms with E-state index in [4.69, 9.17) is 14.2 Å². The average molecular weight is 397 g/mol. The van der Waals surface area contributed by atoms with Gasteiger partial charge in [0, 0.05) is 6.08 Å².